The highest BCUT2D eigenvalue weighted by Gasteiger charge is 2.15. The van der Waals surface area contributed by atoms with E-state index in [4.69, 9.17) is 5.73 Å². The second kappa shape index (κ2) is 7.02. The Balaban J connectivity index is 0.000000924. The van der Waals surface area contributed by atoms with Crippen LogP contribution < -0.4 is 11.3 Å². The molecule has 3 aromatic rings. The highest BCUT2D eigenvalue weighted by molar-refractivity contribution is 5.73. The predicted molar refractivity (Wildman–Crippen MR) is 90.8 cm³/mol. The number of fused-ring (bicyclic) bond motifs is 1. The molecule has 0 saturated carbocycles. The molecule has 6 nitrogen and oxygen atoms in total. The maximum absolute atomic E-state index is 12.7. The lowest BCUT2D eigenvalue weighted by Gasteiger charge is -2.15. The van der Waals surface area contributed by atoms with Gasteiger partial charge in [0.15, 0.2) is 5.65 Å². The molecule has 0 fully saturated rings. The molecule has 3 rings (SSSR count). The summed E-state index contributed by atoms with van der Waals surface area (Å²) in [4.78, 5) is 21.2. The number of phenols is 1. The van der Waals surface area contributed by atoms with E-state index in [1.807, 2.05) is 13.8 Å². The van der Waals surface area contributed by atoms with Gasteiger partial charge in [-0.2, -0.15) is 0 Å². The molecule has 0 saturated heterocycles. The molecule has 120 valence electrons. The van der Waals surface area contributed by atoms with Crippen molar-refractivity contribution < 1.29 is 5.11 Å². The first-order chi connectivity index (χ1) is 11.1. The average Bonchev–Trinajstić information content (AvgIpc) is 2.57. The van der Waals surface area contributed by atoms with Crippen LogP contribution in [0.3, 0.4) is 0 Å². The molecule has 0 aliphatic heterocycles. The Hall–Kier alpha value is -2.73. The molecule has 0 aliphatic carbocycles. The number of phenolic OH excluding ortho intramolecular Hbond substituents is 1. The van der Waals surface area contributed by atoms with E-state index in [0.717, 1.165) is 0 Å². The fraction of sp³-hybridized carbons (Fsp3) is 0.235. The van der Waals surface area contributed by atoms with Crippen LogP contribution in [0, 0.1) is 0 Å². The summed E-state index contributed by atoms with van der Waals surface area (Å²) in [6, 6.07) is 9.26. The van der Waals surface area contributed by atoms with Crippen LogP contribution in [0.4, 0.5) is 0 Å². The van der Waals surface area contributed by atoms with Gasteiger partial charge in [-0.05, 0) is 43.3 Å². The molecule has 1 atom stereocenters. The molecule has 1 unspecified atom stereocenters. The summed E-state index contributed by atoms with van der Waals surface area (Å²) < 4.78 is 1.45. The van der Waals surface area contributed by atoms with Gasteiger partial charge in [-0.15, -0.1) is 0 Å². The molecule has 0 amide bonds. The van der Waals surface area contributed by atoms with Gasteiger partial charge in [0.05, 0.1) is 17.1 Å². The Kier molecular flexibility index (Phi) is 5.08. The van der Waals surface area contributed by atoms with E-state index in [2.05, 4.69) is 9.97 Å². The fourth-order valence-corrected chi connectivity index (χ4v) is 2.19. The molecule has 2 aromatic heterocycles. The molecule has 6 heteroatoms. The summed E-state index contributed by atoms with van der Waals surface area (Å²) in [7, 11) is 0. The first-order valence-corrected chi connectivity index (χ1v) is 7.50. The van der Waals surface area contributed by atoms with E-state index >= 15 is 0 Å². The van der Waals surface area contributed by atoms with Gasteiger partial charge in [0, 0.05) is 6.20 Å². The molecule has 0 radical (unpaired) electrons. The summed E-state index contributed by atoms with van der Waals surface area (Å²) in [5.74, 6) is 0.557. The van der Waals surface area contributed by atoms with Crippen molar-refractivity contribution in [1.29, 1.82) is 0 Å². The zero-order valence-electron chi connectivity index (χ0n) is 13.4. The third kappa shape index (κ3) is 3.22. The van der Waals surface area contributed by atoms with Gasteiger partial charge >= 0.3 is 0 Å². The zero-order chi connectivity index (χ0) is 17.0. The van der Waals surface area contributed by atoms with Crippen LogP contribution in [0.5, 0.6) is 5.75 Å². The zero-order valence-corrected chi connectivity index (χ0v) is 13.4. The van der Waals surface area contributed by atoms with Crippen molar-refractivity contribution in [3.8, 4) is 11.4 Å². The largest absolute Gasteiger partial charge is 0.508 e. The average molecular weight is 312 g/mol. The topological polar surface area (TPSA) is 94.0 Å². The Morgan fingerprint density at radius 2 is 1.83 bits per heavy atom. The Bertz CT molecular complexity index is 855. The Labute approximate surface area is 134 Å². The number of rotatable bonds is 2. The number of nitrogens with zero attached hydrogens (tertiary/aromatic N) is 3. The fourth-order valence-electron chi connectivity index (χ4n) is 2.19. The third-order valence-electron chi connectivity index (χ3n) is 3.18. The molecular formula is C17H20N4O2. The van der Waals surface area contributed by atoms with Gasteiger partial charge in [-0.25, -0.2) is 9.97 Å². The van der Waals surface area contributed by atoms with Crippen molar-refractivity contribution in [2.45, 2.75) is 26.8 Å². The third-order valence-corrected chi connectivity index (χ3v) is 3.18. The minimum atomic E-state index is -0.432. The van der Waals surface area contributed by atoms with Crippen molar-refractivity contribution in [3.63, 3.8) is 0 Å². The van der Waals surface area contributed by atoms with Gasteiger partial charge in [0.2, 0.25) is 0 Å². The number of benzene rings is 1. The standard InChI is InChI=1S/C15H14N4O2.C2H6/c1-9(16)14-18-13-12(3-2-8-17-13)15(21)19(14)10-4-6-11(20)7-5-10;1-2/h2-9,20H,16H2,1H3;1-2H3. The molecule has 0 spiro atoms. The lowest BCUT2D eigenvalue weighted by molar-refractivity contribution is 0.475. The van der Waals surface area contributed by atoms with E-state index in [-0.39, 0.29) is 11.3 Å². The van der Waals surface area contributed by atoms with Gasteiger partial charge in [0.25, 0.3) is 5.56 Å². The minimum Gasteiger partial charge on any atom is -0.508 e. The van der Waals surface area contributed by atoms with E-state index in [1.165, 1.54) is 16.7 Å². The molecule has 2 heterocycles. The molecule has 3 N–H and O–H groups in total. The summed E-state index contributed by atoms with van der Waals surface area (Å²) >= 11 is 0. The Morgan fingerprint density at radius 1 is 1.17 bits per heavy atom. The highest BCUT2D eigenvalue weighted by Crippen LogP contribution is 2.17. The van der Waals surface area contributed by atoms with E-state index in [9.17, 15) is 9.90 Å². The van der Waals surface area contributed by atoms with Crippen molar-refractivity contribution in [1.82, 2.24) is 14.5 Å². The number of nitrogens with two attached hydrogens (primary N) is 1. The van der Waals surface area contributed by atoms with Crippen LogP contribution in [0.25, 0.3) is 16.7 Å². The van der Waals surface area contributed by atoms with Crippen LogP contribution in [-0.4, -0.2) is 19.6 Å². The first-order valence-electron chi connectivity index (χ1n) is 7.50. The van der Waals surface area contributed by atoms with E-state index < -0.39 is 6.04 Å². The summed E-state index contributed by atoms with van der Waals surface area (Å²) in [5, 5.41) is 9.81. The molecule has 0 bridgehead atoms. The van der Waals surface area contributed by atoms with Crippen molar-refractivity contribution in [2.24, 2.45) is 5.73 Å². The van der Waals surface area contributed by atoms with Crippen molar-refractivity contribution >= 4 is 11.0 Å². The lowest BCUT2D eigenvalue weighted by atomic mass is 10.2. The van der Waals surface area contributed by atoms with Crippen molar-refractivity contribution in [3.05, 3.63) is 58.8 Å². The van der Waals surface area contributed by atoms with Crippen LogP contribution in [0.15, 0.2) is 47.4 Å². The second-order valence-corrected chi connectivity index (χ2v) is 4.79. The number of hydrogen-bond donors (Lipinski definition) is 2. The monoisotopic (exact) mass is 312 g/mol. The quantitative estimate of drug-likeness (QED) is 0.758. The molecule has 1 aromatic carbocycles. The summed E-state index contributed by atoms with van der Waals surface area (Å²) in [6.45, 7) is 5.76. The van der Waals surface area contributed by atoms with Crippen LogP contribution in [0.2, 0.25) is 0 Å². The summed E-state index contributed by atoms with van der Waals surface area (Å²) in [5.41, 5.74) is 6.69. The van der Waals surface area contributed by atoms with E-state index in [1.54, 1.807) is 37.4 Å². The molecule has 23 heavy (non-hydrogen) atoms. The van der Waals surface area contributed by atoms with Gasteiger partial charge in [-0.1, -0.05) is 13.8 Å². The van der Waals surface area contributed by atoms with Crippen LogP contribution in [-0.2, 0) is 0 Å². The second-order valence-electron chi connectivity index (χ2n) is 4.79. The van der Waals surface area contributed by atoms with Crippen molar-refractivity contribution in [2.75, 3.05) is 0 Å². The normalized spacial score (nSPS) is 11.7. The van der Waals surface area contributed by atoms with E-state index in [0.29, 0.717) is 22.5 Å². The number of pyridine rings is 1. The molecular weight excluding hydrogens is 292 g/mol. The first kappa shape index (κ1) is 16.6. The number of aromatic hydroxyl groups is 1. The van der Waals surface area contributed by atoms with Gasteiger partial charge in [0.1, 0.15) is 11.6 Å². The predicted octanol–water partition coefficient (Wildman–Crippen LogP) is 2.53. The van der Waals surface area contributed by atoms with Crippen LogP contribution >= 0.6 is 0 Å². The SMILES string of the molecule is CC.CC(N)c1nc2ncccc2c(=O)n1-c1ccc(O)cc1. The van der Waals surface area contributed by atoms with Crippen LogP contribution in [0.1, 0.15) is 32.6 Å². The molecule has 0 aliphatic rings. The smallest absolute Gasteiger partial charge is 0.267 e. The minimum absolute atomic E-state index is 0.129. The lowest BCUT2D eigenvalue weighted by Crippen LogP contribution is -2.27. The summed E-state index contributed by atoms with van der Waals surface area (Å²) in [6.07, 6.45) is 1.59. The van der Waals surface area contributed by atoms with Gasteiger partial charge in [-0.3, -0.25) is 9.36 Å². The maximum Gasteiger partial charge on any atom is 0.267 e. The number of aromatic nitrogens is 3. The number of hydrogen-bond acceptors (Lipinski definition) is 5. The van der Waals surface area contributed by atoms with Gasteiger partial charge < -0.3 is 10.8 Å². The maximum atomic E-state index is 12.7. The highest BCUT2D eigenvalue weighted by atomic mass is 16.3. The Morgan fingerprint density at radius 3 is 2.43 bits per heavy atom.